The van der Waals surface area contributed by atoms with Gasteiger partial charge in [-0.25, -0.2) is 8.78 Å². The molecule has 3 aliphatic rings. The number of unbranched alkanes of at least 4 members (excludes halogenated alkanes) is 1. The van der Waals surface area contributed by atoms with E-state index in [4.69, 9.17) is 4.74 Å². The Bertz CT molecular complexity index is 655. The van der Waals surface area contributed by atoms with Crippen LogP contribution in [0.2, 0.25) is 0 Å². The zero-order valence-electron chi connectivity index (χ0n) is 15.2. The Hall–Kier alpha value is -1.56. The van der Waals surface area contributed by atoms with Crippen molar-refractivity contribution in [1.29, 1.82) is 0 Å². The number of ether oxygens (including phenoxy) is 1. The molecule has 1 aliphatic heterocycles. The second-order valence-corrected chi connectivity index (χ2v) is 8.13. The van der Waals surface area contributed by atoms with Crippen LogP contribution in [-0.4, -0.2) is 30.4 Å². The van der Waals surface area contributed by atoms with Gasteiger partial charge in [0.1, 0.15) is 11.8 Å². The molecule has 2 aliphatic carbocycles. The lowest BCUT2D eigenvalue weighted by Gasteiger charge is -2.37. The summed E-state index contributed by atoms with van der Waals surface area (Å²) in [6.07, 6.45) is 4.91. The Morgan fingerprint density at radius 3 is 2.73 bits per heavy atom. The molecule has 5 atom stereocenters. The zero-order valence-corrected chi connectivity index (χ0v) is 15.2. The fourth-order valence-corrected chi connectivity index (χ4v) is 4.82. The van der Waals surface area contributed by atoms with Gasteiger partial charge in [-0.1, -0.05) is 12.8 Å². The zero-order chi connectivity index (χ0) is 18.3. The van der Waals surface area contributed by atoms with Crippen LogP contribution in [0, 0.1) is 17.8 Å². The fraction of sp³-hybridized carbons (Fsp3) is 0.700. The predicted molar refractivity (Wildman–Crippen MR) is 97.8 cm³/mol. The molecule has 26 heavy (non-hydrogen) atoms. The molecule has 4 unspecified atom stereocenters. The molecule has 0 radical (unpaired) electrons. The first-order chi connectivity index (χ1) is 12.5. The van der Waals surface area contributed by atoms with Gasteiger partial charge in [0.05, 0.1) is 18.5 Å². The Labute approximate surface area is 153 Å². The third-order valence-corrected chi connectivity index (χ3v) is 6.44. The second-order valence-electron chi connectivity index (χ2n) is 8.13. The smallest absolute Gasteiger partial charge is 0.272 e. The van der Waals surface area contributed by atoms with E-state index in [1.807, 2.05) is 0 Å². The van der Waals surface area contributed by atoms with Crippen LogP contribution in [-0.2, 0) is 0 Å². The fourth-order valence-electron chi connectivity index (χ4n) is 4.82. The quantitative estimate of drug-likeness (QED) is 0.624. The molecule has 2 fully saturated rings. The molecule has 1 aromatic carbocycles. The molecule has 2 saturated carbocycles. The van der Waals surface area contributed by atoms with Crippen LogP contribution in [0.1, 0.15) is 44.9 Å². The van der Waals surface area contributed by atoms with Gasteiger partial charge in [0.25, 0.3) is 5.92 Å². The summed E-state index contributed by atoms with van der Waals surface area (Å²) in [5.74, 6) is 0.264. The number of benzene rings is 1. The van der Waals surface area contributed by atoms with Crippen LogP contribution >= 0.6 is 0 Å². The first-order valence-electron chi connectivity index (χ1n) is 9.75. The van der Waals surface area contributed by atoms with Crippen LogP contribution in [0.4, 0.5) is 20.2 Å². The van der Waals surface area contributed by atoms with E-state index in [2.05, 4.69) is 10.6 Å². The van der Waals surface area contributed by atoms with Crippen molar-refractivity contribution in [2.75, 3.05) is 17.7 Å². The lowest BCUT2D eigenvalue weighted by Crippen LogP contribution is -2.53. The Kier molecular flexibility index (Phi) is 4.71. The number of hydrogen-bond acceptors (Lipinski definition) is 4. The largest absolute Gasteiger partial charge is 0.497 e. The average Bonchev–Trinajstić information content (AvgIpc) is 3.30. The number of fused-ring (bicyclic) bond motifs is 2. The Morgan fingerprint density at radius 1 is 1.19 bits per heavy atom. The van der Waals surface area contributed by atoms with Crippen LogP contribution in [0.5, 0.6) is 5.75 Å². The number of alkyl halides is 2. The molecular weight excluding hydrogens is 338 g/mol. The van der Waals surface area contributed by atoms with Crippen LogP contribution in [0.15, 0.2) is 18.2 Å². The molecule has 0 saturated heterocycles. The molecule has 0 amide bonds. The maximum atomic E-state index is 14.7. The topological polar surface area (TPSA) is 53.5 Å². The van der Waals surface area contributed by atoms with Crippen molar-refractivity contribution < 1.29 is 18.6 Å². The highest BCUT2D eigenvalue weighted by Crippen LogP contribution is 2.56. The predicted octanol–water partition coefficient (Wildman–Crippen LogP) is 4.46. The number of aliphatic hydroxyl groups is 1. The number of nitrogens with one attached hydrogen (secondary N) is 2. The van der Waals surface area contributed by atoms with E-state index in [0.29, 0.717) is 23.5 Å². The number of anilines is 2. The highest BCUT2D eigenvalue weighted by molar-refractivity contribution is 5.73. The summed E-state index contributed by atoms with van der Waals surface area (Å²) in [6.45, 7) is 0. The first kappa shape index (κ1) is 17.8. The van der Waals surface area contributed by atoms with E-state index < -0.39 is 18.2 Å². The Morgan fingerprint density at radius 2 is 2.04 bits per heavy atom. The number of methoxy groups -OCH3 is 1. The van der Waals surface area contributed by atoms with Gasteiger partial charge in [0.15, 0.2) is 6.23 Å². The van der Waals surface area contributed by atoms with Crippen molar-refractivity contribution in [2.45, 2.75) is 63.1 Å². The minimum Gasteiger partial charge on any atom is -0.497 e. The summed E-state index contributed by atoms with van der Waals surface area (Å²) in [5, 5.41) is 15.8. The summed E-state index contributed by atoms with van der Waals surface area (Å²) < 4.78 is 34.5. The summed E-state index contributed by atoms with van der Waals surface area (Å²) >= 11 is 0. The van der Waals surface area contributed by atoms with Gasteiger partial charge in [0, 0.05) is 12.5 Å². The SMILES string of the molecule is COc1ccc2c(c1)NC(O)C(C(F)(F)CCCC[C@H]1CCC3CC31)N2. The number of halogens is 2. The summed E-state index contributed by atoms with van der Waals surface area (Å²) in [5.41, 5.74) is 1.13. The molecule has 144 valence electrons. The standard InChI is InChI=1S/C20H28F2N2O2/c1-26-14-7-8-16-17(11-14)24-19(25)18(23-16)20(21,22)9-3-2-4-12-5-6-13-10-15(12)13/h7-8,11-13,15,18-19,23-25H,2-6,9-10H2,1H3/t12-,13?,15?,18?,19?/m0/s1. The number of rotatable bonds is 7. The van der Waals surface area contributed by atoms with Crippen molar-refractivity contribution in [3.63, 3.8) is 0 Å². The average molecular weight is 366 g/mol. The third-order valence-electron chi connectivity index (χ3n) is 6.44. The molecule has 0 spiro atoms. The van der Waals surface area contributed by atoms with Gasteiger partial charge in [-0.05, 0) is 55.6 Å². The lowest BCUT2D eigenvalue weighted by atomic mass is 9.93. The van der Waals surface area contributed by atoms with Crippen LogP contribution < -0.4 is 15.4 Å². The lowest BCUT2D eigenvalue weighted by molar-refractivity contribution is -0.0601. The molecule has 0 aromatic heterocycles. The normalized spacial score (nSPS) is 32.2. The maximum absolute atomic E-state index is 14.7. The van der Waals surface area contributed by atoms with E-state index in [9.17, 15) is 13.9 Å². The molecule has 3 N–H and O–H groups in total. The van der Waals surface area contributed by atoms with Gasteiger partial charge in [0.2, 0.25) is 0 Å². The summed E-state index contributed by atoms with van der Waals surface area (Å²) in [4.78, 5) is 0. The maximum Gasteiger partial charge on any atom is 0.272 e. The van der Waals surface area contributed by atoms with E-state index >= 15 is 0 Å². The van der Waals surface area contributed by atoms with Crippen molar-refractivity contribution >= 4 is 11.4 Å². The molecular formula is C20H28F2N2O2. The molecule has 1 aromatic rings. The monoisotopic (exact) mass is 366 g/mol. The van der Waals surface area contributed by atoms with E-state index in [0.717, 1.165) is 30.6 Å². The highest BCUT2D eigenvalue weighted by atomic mass is 19.3. The van der Waals surface area contributed by atoms with E-state index in [1.54, 1.807) is 25.3 Å². The second kappa shape index (κ2) is 6.87. The van der Waals surface area contributed by atoms with Gasteiger partial charge in [-0.2, -0.15) is 0 Å². The highest BCUT2D eigenvalue weighted by Gasteiger charge is 2.48. The summed E-state index contributed by atoms with van der Waals surface area (Å²) in [6, 6.07) is 3.77. The number of hydrogen-bond donors (Lipinski definition) is 3. The molecule has 6 heteroatoms. The van der Waals surface area contributed by atoms with Gasteiger partial charge in [-0.15, -0.1) is 0 Å². The van der Waals surface area contributed by atoms with Gasteiger partial charge >= 0.3 is 0 Å². The van der Waals surface area contributed by atoms with Crippen molar-refractivity contribution in [2.24, 2.45) is 17.8 Å². The summed E-state index contributed by atoms with van der Waals surface area (Å²) in [7, 11) is 1.54. The molecule has 4 nitrogen and oxygen atoms in total. The van der Waals surface area contributed by atoms with Crippen LogP contribution in [0.3, 0.4) is 0 Å². The Balaban J connectivity index is 1.31. The first-order valence-corrected chi connectivity index (χ1v) is 9.75. The minimum absolute atomic E-state index is 0.199. The van der Waals surface area contributed by atoms with E-state index in [-0.39, 0.29) is 6.42 Å². The van der Waals surface area contributed by atoms with Crippen molar-refractivity contribution in [3.05, 3.63) is 18.2 Å². The van der Waals surface area contributed by atoms with Gasteiger partial charge in [-0.3, -0.25) is 0 Å². The van der Waals surface area contributed by atoms with Crippen molar-refractivity contribution in [3.8, 4) is 5.75 Å². The minimum atomic E-state index is -2.97. The van der Waals surface area contributed by atoms with Gasteiger partial charge < -0.3 is 20.5 Å². The molecule has 0 bridgehead atoms. The van der Waals surface area contributed by atoms with E-state index in [1.165, 1.54) is 19.3 Å². The third kappa shape index (κ3) is 3.48. The number of aliphatic hydroxyl groups excluding tert-OH is 1. The van der Waals surface area contributed by atoms with Crippen molar-refractivity contribution in [1.82, 2.24) is 0 Å². The molecule has 4 rings (SSSR count). The van der Waals surface area contributed by atoms with Crippen LogP contribution in [0.25, 0.3) is 0 Å². The molecule has 1 heterocycles.